The van der Waals surface area contributed by atoms with Crippen molar-refractivity contribution in [3.05, 3.63) is 60.2 Å². The molecule has 0 aromatic heterocycles. The van der Waals surface area contributed by atoms with E-state index in [0.717, 1.165) is 5.69 Å². The number of urea groups is 1. The van der Waals surface area contributed by atoms with Gasteiger partial charge in [0.05, 0.1) is 5.69 Å². The molecule has 2 aromatic rings. The minimum atomic E-state index is -0.250. The smallest absolute Gasteiger partial charge is 0.326 e. The normalized spacial score (nSPS) is 9.85. The van der Waals surface area contributed by atoms with Gasteiger partial charge in [0.15, 0.2) is 0 Å². The molecule has 0 atom stereocenters. The lowest BCUT2D eigenvalue weighted by Crippen LogP contribution is -2.32. The van der Waals surface area contributed by atoms with Gasteiger partial charge < -0.3 is 11.1 Å². The number of thiocarbonyl (C=S) groups is 1. The fourth-order valence-electron chi connectivity index (χ4n) is 1.81. The highest BCUT2D eigenvalue weighted by Crippen LogP contribution is 2.20. The zero-order valence-electron chi connectivity index (χ0n) is 11.0. The summed E-state index contributed by atoms with van der Waals surface area (Å²) >= 11 is 5.00. The molecule has 5 heteroatoms. The van der Waals surface area contributed by atoms with E-state index in [9.17, 15) is 4.79 Å². The Morgan fingerprint density at radius 3 is 2.35 bits per heavy atom. The molecule has 4 nitrogen and oxygen atoms in total. The van der Waals surface area contributed by atoms with Crippen LogP contribution in [-0.4, -0.2) is 18.1 Å². The first-order valence-corrected chi connectivity index (χ1v) is 6.49. The zero-order chi connectivity index (χ0) is 14.5. The van der Waals surface area contributed by atoms with Crippen LogP contribution in [-0.2, 0) is 0 Å². The number of carbonyl (C=O) groups excluding carboxylic acids is 1. The quantitative estimate of drug-likeness (QED) is 0.852. The summed E-state index contributed by atoms with van der Waals surface area (Å²) in [5.74, 6) is 0. The molecule has 0 fully saturated rings. The van der Waals surface area contributed by atoms with Crippen LogP contribution in [0.25, 0.3) is 0 Å². The van der Waals surface area contributed by atoms with Gasteiger partial charge in [0.25, 0.3) is 0 Å². The molecule has 0 spiro atoms. The molecule has 0 bridgehead atoms. The van der Waals surface area contributed by atoms with Crippen molar-refractivity contribution in [3.8, 4) is 0 Å². The van der Waals surface area contributed by atoms with Crippen LogP contribution < -0.4 is 16.0 Å². The van der Waals surface area contributed by atoms with Crippen molar-refractivity contribution in [1.82, 2.24) is 0 Å². The lowest BCUT2D eigenvalue weighted by atomic mass is 10.1. The van der Waals surface area contributed by atoms with Crippen molar-refractivity contribution in [1.29, 1.82) is 0 Å². The molecule has 2 aromatic carbocycles. The van der Waals surface area contributed by atoms with Crippen LogP contribution in [0.15, 0.2) is 54.6 Å². The van der Waals surface area contributed by atoms with Crippen LogP contribution in [0.3, 0.4) is 0 Å². The second-order valence-corrected chi connectivity index (χ2v) is 4.68. The topological polar surface area (TPSA) is 58.4 Å². The minimum absolute atomic E-state index is 0.250. The van der Waals surface area contributed by atoms with E-state index in [1.165, 1.54) is 4.90 Å². The van der Waals surface area contributed by atoms with Crippen molar-refractivity contribution in [2.45, 2.75) is 0 Å². The predicted molar refractivity (Wildman–Crippen MR) is 86.2 cm³/mol. The van der Waals surface area contributed by atoms with E-state index in [2.05, 4.69) is 5.32 Å². The molecule has 0 saturated carbocycles. The Hall–Kier alpha value is -2.40. The summed E-state index contributed by atoms with van der Waals surface area (Å²) < 4.78 is 0. The Labute approximate surface area is 123 Å². The molecule has 2 rings (SSSR count). The number of carbonyl (C=O) groups is 1. The third kappa shape index (κ3) is 3.13. The van der Waals surface area contributed by atoms with E-state index in [4.69, 9.17) is 18.0 Å². The minimum Gasteiger partial charge on any atom is -0.389 e. The molecule has 0 aliphatic carbocycles. The first-order chi connectivity index (χ1) is 9.59. The van der Waals surface area contributed by atoms with Crippen molar-refractivity contribution >= 4 is 34.6 Å². The highest BCUT2D eigenvalue weighted by atomic mass is 32.1. The summed E-state index contributed by atoms with van der Waals surface area (Å²) in [5, 5.41) is 2.81. The van der Waals surface area contributed by atoms with Crippen LogP contribution in [0.1, 0.15) is 5.56 Å². The van der Waals surface area contributed by atoms with E-state index in [1.54, 1.807) is 19.2 Å². The highest BCUT2D eigenvalue weighted by molar-refractivity contribution is 7.80. The van der Waals surface area contributed by atoms with Crippen LogP contribution >= 0.6 is 12.2 Å². The lowest BCUT2D eigenvalue weighted by Gasteiger charge is -2.20. The van der Waals surface area contributed by atoms with Crippen LogP contribution in [0.5, 0.6) is 0 Å². The maximum absolute atomic E-state index is 12.2. The maximum atomic E-state index is 12.2. The molecular formula is C15H15N3OS. The van der Waals surface area contributed by atoms with Crippen LogP contribution in [0.4, 0.5) is 16.2 Å². The van der Waals surface area contributed by atoms with Gasteiger partial charge in [-0.25, -0.2) is 4.79 Å². The number of amides is 2. The second-order valence-electron chi connectivity index (χ2n) is 4.24. The average molecular weight is 285 g/mol. The Morgan fingerprint density at radius 2 is 1.70 bits per heavy atom. The SMILES string of the molecule is CN(C(=O)Nc1ccccc1)c1ccccc1C(N)=S. The maximum Gasteiger partial charge on any atom is 0.326 e. The molecule has 0 aliphatic heterocycles. The van der Waals surface area contributed by atoms with Crippen LogP contribution in [0, 0.1) is 0 Å². The number of nitrogens with zero attached hydrogens (tertiary/aromatic N) is 1. The van der Waals surface area contributed by atoms with Crippen molar-refractivity contribution < 1.29 is 4.79 Å². The number of nitrogens with two attached hydrogens (primary N) is 1. The van der Waals surface area contributed by atoms with Gasteiger partial charge in [0.2, 0.25) is 0 Å². The molecule has 0 radical (unpaired) electrons. The molecule has 102 valence electrons. The molecular weight excluding hydrogens is 270 g/mol. The van der Waals surface area contributed by atoms with Gasteiger partial charge in [-0.05, 0) is 24.3 Å². The fourth-order valence-corrected chi connectivity index (χ4v) is 1.99. The highest BCUT2D eigenvalue weighted by Gasteiger charge is 2.15. The molecule has 20 heavy (non-hydrogen) atoms. The summed E-state index contributed by atoms with van der Waals surface area (Å²) in [7, 11) is 1.68. The van der Waals surface area contributed by atoms with Crippen molar-refractivity contribution in [2.24, 2.45) is 5.73 Å². The number of hydrogen-bond donors (Lipinski definition) is 2. The van der Waals surface area contributed by atoms with Gasteiger partial charge in [-0.15, -0.1) is 0 Å². The standard InChI is InChI=1S/C15H15N3OS/c1-18(13-10-6-5-9-12(13)14(16)20)15(19)17-11-7-3-2-4-8-11/h2-10H,1H3,(H2,16,20)(H,17,19). The third-order valence-electron chi connectivity index (χ3n) is 2.86. The van der Waals surface area contributed by atoms with Gasteiger partial charge in [0.1, 0.15) is 4.99 Å². The molecule has 0 unspecified atom stereocenters. The van der Waals surface area contributed by atoms with Gasteiger partial charge >= 0.3 is 6.03 Å². The summed E-state index contributed by atoms with van der Waals surface area (Å²) in [4.78, 5) is 14.0. The van der Waals surface area contributed by atoms with E-state index >= 15 is 0 Å². The molecule has 3 N–H and O–H groups in total. The van der Waals surface area contributed by atoms with Crippen LogP contribution in [0.2, 0.25) is 0 Å². The number of benzene rings is 2. The Morgan fingerprint density at radius 1 is 1.10 bits per heavy atom. The summed E-state index contributed by atoms with van der Waals surface area (Å²) in [5.41, 5.74) is 7.76. The number of anilines is 2. The predicted octanol–water partition coefficient (Wildman–Crippen LogP) is 2.99. The van der Waals surface area contributed by atoms with Crippen molar-refractivity contribution in [3.63, 3.8) is 0 Å². The van der Waals surface area contributed by atoms with E-state index in [-0.39, 0.29) is 11.0 Å². The van der Waals surface area contributed by atoms with Gasteiger partial charge in [-0.2, -0.15) is 0 Å². The monoisotopic (exact) mass is 285 g/mol. The lowest BCUT2D eigenvalue weighted by molar-refractivity contribution is 0.258. The summed E-state index contributed by atoms with van der Waals surface area (Å²) in [6.07, 6.45) is 0. The average Bonchev–Trinajstić information content (AvgIpc) is 2.47. The molecule has 0 saturated heterocycles. The second kappa shape index (κ2) is 6.16. The first kappa shape index (κ1) is 14.0. The molecule has 0 aliphatic rings. The number of nitrogens with one attached hydrogen (secondary N) is 1. The number of rotatable bonds is 3. The zero-order valence-corrected chi connectivity index (χ0v) is 11.9. The molecule has 2 amide bonds. The van der Waals surface area contributed by atoms with E-state index in [0.29, 0.717) is 11.3 Å². The Bertz CT molecular complexity index is 628. The molecule has 0 heterocycles. The van der Waals surface area contributed by atoms with Crippen molar-refractivity contribution in [2.75, 3.05) is 17.3 Å². The number of para-hydroxylation sites is 2. The van der Waals surface area contributed by atoms with Gasteiger partial charge in [0, 0.05) is 18.3 Å². The fraction of sp³-hybridized carbons (Fsp3) is 0.0667. The van der Waals surface area contributed by atoms with Gasteiger partial charge in [-0.1, -0.05) is 42.5 Å². The van der Waals surface area contributed by atoms with E-state index in [1.807, 2.05) is 42.5 Å². The van der Waals surface area contributed by atoms with Gasteiger partial charge in [-0.3, -0.25) is 4.90 Å². The summed E-state index contributed by atoms with van der Waals surface area (Å²) in [6.45, 7) is 0. The third-order valence-corrected chi connectivity index (χ3v) is 3.08. The Balaban J connectivity index is 2.21. The first-order valence-electron chi connectivity index (χ1n) is 6.08. The largest absolute Gasteiger partial charge is 0.389 e. The van der Waals surface area contributed by atoms with E-state index < -0.39 is 0 Å². The number of hydrogen-bond acceptors (Lipinski definition) is 2. The summed E-state index contributed by atoms with van der Waals surface area (Å²) in [6, 6.07) is 16.3. The Kier molecular flexibility index (Phi) is 4.32.